The summed E-state index contributed by atoms with van der Waals surface area (Å²) in [6.07, 6.45) is 5.23. The van der Waals surface area contributed by atoms with Gasteiger partial charge in [-0.2, -0.15) is 0 Å². The quantitative estimate of drug-likeness (QED) is 0.560. The van der Waals surface area contributed by atoms with Crippen LogP contribution in [0.3, 0.4) is 0 Å². The van der Waals surface area contributed by atoms with E-state index in [-0.39, 0.29) is 5.04 Å². The number of carbonyl (C=O) groups is 1. The lowest BCUT2D eigenvalue weighted by Crippen LogP contribution is -2.44. The van der Waals surface area contributed by atoms with E-state index in [1.807, 2.05) is 18.2 Å². The molecule has 0 aliphatic carbocycles. The molecule has 4 nitrogen and oxygen atoms in total. The van der Waals surface area contributed by atoms with Crippen molar-refractivity contribution in [2.24, 2.45) is 5.92 Å². The molecule has 0 bridgehead atoms. The van der Waals surface area contributed by atoms with Gasteiger partial charge in [0.05, 0.1) is 0 Å². The van der Waals surface area contributed by atoms with Gasteiger partial charge in [0.2, 0.25) is 0 Å². The average molecular weight is 376 g/mol. The van der Waals surface area contributed by atoms with Gasteiger partial charge in [0.15, 0.2) is 8.32 Å². The number of piperidine rings is 1. The van der Waals surface area contributed by atoms with Crippen LogP contribution in [0.5, 0.6) is 0 Å². The number of hydrogen-bond acceptors (Lipinski definition) is 3. The molecular weight excluding hydrogens is 342 g/mol. The molecule has 1 aromatic rings. The number of hydrogen-bond donors (Lipinski definition) is 1. The van der Waals surface area contributed by atoms with Crippen molar-refractivity contribution >= 4 is 26.1 Å². The van der Waals surface area contributed by atoms with E-state index in [1.54, 1.807) is 6.08 Å². The molecule has 1 heterocycles. The lowest BCUT2D eigenvalue weighted by Gasteiger charge is -2.40. The monoisotopic (exact) mass is 375 g/mol. The Labute approximate surface area is 159 Å². The third-order valence-electron chi connectivity index (χ3n) is 5.69. The summed E-state index contributed by atoms with van der Waals surface area (Å²) >= 11 is 0. The van der Waals surface area contributed by atoms with Gasteiger partial charge >= 0.3 is 5.97 Å². The Kier molecular flexibility index (Phi) is 6.69. The van der Waals surface area contributed by atoms with E-state index >= 15 is 0 Å². The maximum Gasteiger partial charge on any atom is 0.328 e. The number of para-hydroxylation sites is 1. The fourth-order valence-electron chi connectivity index (χ4n) is 3.04. The van der Waals surface area contributed by atoms with E-state index in [0.717, 1.165) is 37.4 Å². The van der Waals surface area contributed by atoms with Crippen molar-refractivity contribution in [2.45, 2.75) is 51.7 Å². The predicted octanol–water partition coefficient (Wildman–Crippen LogP) is 5.02. The van der Waals surface area contributed by atoms with Crippen LogP contribution in [-0.4, -0.2) is 39.1 Å². The topological polar surface area (TPSA) is 49.8 Å². The van der Waals surface area contributed by atoms with Gasteiger partial charge in [-0.25, -0.2) is 4.79 Å². The van der Waals surface area contributed by atoms with Crippen LogP contribution in [0.2, 0.25) is 18.1 Å². The zero-order valence-corrected chi connectivity index (χ0v) is 17.8. The molecule has 0 saturated carbocycles. The van der Waals surface area contributed by atoms with E-state index in [4.69, 9.17) is 9.53 Å². The number of carboxylic acids is 1. The lowest BCUT2D eigenvalue weighted by molar-refractivity contribution is -0.131. The molecule has 1 N–H and O–H groups in total. The van der Waals surface area contributed by atoms with Crippen molar-refractivity contribution in [2.75, 3.05) is 24.6 Å². The summed E-state index contributed by atoms with van der Waals surface area (Å²) < 4.78 is 6.45. The number of benzene rings is 1. The van der Waals surface area contributed by atoms with Crippen LogP contribution in [0.25, 0.3) is 6.08 Å². The van der Waals surface area contributed by atoms with Gasteiger partial charge in [-0.15, -0.1) is 0 Å². The molecule has 1 aliphatic heterocycles. The first-order chi connectivity index (χ1) is 12.1. The summed E-state index contributed by atoms with van der Waals surface area (Å²) in [4.78, 5) is 13.2. The van der Waals surface area contributed by atoms with Crippen molar-refractivity contribution in [3.63, 3.8) is 0 Å². The summed E-state index contributed by atoms with van der Waals surface area (Å²) in [6.45, 7) is 14.2. The second-order valence-corrected chi connectivity index (χ2v) is 13.6. The van der Waals surface area contributed by atoms with Crippen molar-refractivity contribution in [1.82, 2.24) is 0 Å². The van der Waals surface area contributed by atoms with Crippen LogP contribution in [0.15, 0.2) is 30.3 Å². The third kappa shape index (κ3) is 5.45. The van der Waals surface area contributed by atoms with E-state index in [0.29, 0.717) is 5.92 Å². The van der Waals surface area contributed by atoms with Crippen molar-refractivity contribution in [1.29, 1.82) is 0 Å². The molecule has 1 aliphatic rings. The maximum atomic E-state index is 10.9. The van der Waals surface area contributed by atoms with Gasteiger partial charge in [0, 0.05) is 31.5 Å². The minimum Gasteiger partial charge on any atom is -0.478 e. The van der Waals surface area contributed by atoms with Crippen LogP contribution in [0.1, 0.15) is 39.2 Å². The fraction of sp³-hybridized carbons (Fsp3) is 0.571. The molecule has 26 heavy (non-hydrogen) atoms. The molecule has 1 unspecified atom stereocenters. The predicted molar refractivity (Wildman–Crippen MR) is 111 cm³/mol. The second-order valence-electron chi connectivity index (χ2n) is 8.76. The number of carboxylic acid groups (broad SMARTS) is 1. The minimum absolute atomic E-state index is 0.232. The highest BCUT2D eigenvalue weighted by atomic mass is 28.4. The molecule has 1 saturated heterocycles. The molecule has 0 aromatic heterocycles. The first-order valence-electron chi connectivity index (χ1n) is 9.49. The maximum absolute atomic E-state index is 10.9. The first-order valence-corrected chi connectivity index (χ1v) is 12.4. The van der Waals surface area contributed by atoms with Gasteiger partial charge in [-0.05, 0) is 54.6 Å². The number of nitrogens with zero attached hydrogens (tertiary/aromatic N) is 1. The fourth-order valence-corrected chi connectivity index (χ4v) is 4.13. The molecule has 0 spiro atoms. The smallest absolute Gasteiger partial charge is 0.328 e. The van der Waals surface area contributed by atoms with E-state index in [9.17, 15) is 4.79 Å². The first kappa shape index (κ1) is 20.7. The summed E-state index contributed by atoms with van der Waals surface area (Å²) in [5, 5.41) is 9.15. The zero-order valence-electron chi connectivity index (χ0n) is 16.8. The van der Waals surface area contributed by atoms with Gasteiger partial charge in [0.25, 0.3) is 0 Å². The lowest BCUT2D eigenvalue weighted by atomic mass is 9.97. The Morgan fingerprint density at radius 2 is 2.04 bits per heavy atom. The van der Waals surface area contributed by atoms with Crippen LogP contribution < -0.4 is 4.90 Å². The second kappa shape index (κ2) is 8.40. The van der Waals surface area contributed by atoms with Gasteiger partial charge in [-0.3, -0.25) is 0 Å². The van der Waals surface area contributed by atoms with Crippen LogP contribution in [0, 0.1) is 5.92 Å². The Bertz CT molecular complexity index is 649. The standard InChI is InChI=1S/C21H33NO3Si/c1-21(2,3)26(4,5)25-16-17-9-8-14-22(15-17)19-11-7-6-10-18(19)12-13-20(23)24/h6-7,10-13,17H,8-9,14-16H2,1-5H3,(H,23,24). The number of anilines is 1. The normalized spacial score (nSPS) is 19.1. The number of aliphatic carboxylic acids is 1. The molecule has 1 atom stereocenters. The largest absolute Gasteiger partial charge is 0.478 e. The molecule has 0 radical (unpaired) electrons. The summed E-state index contributed by atoms with van der Waals surface area (Å²) in [5.74, 6) is -0.395. The Hall–Kier alpha value is -1.59. The van der Waals surface area contributed by atoms with Crippen molar-refractivity contribution < 1.29 is 14.3 Å². The summed E-state index contributed by atoms with van der Waals surface area (Å²) in [7, 11) is -1.72. The molecule has 2 rings (SSSR count). The van der Waals surface area contributed by atoms with Crippen LogP contribution >= 0.6 is 0 Å². The van der Waals surface area contributed by atoms with E-state index in [2.05, 4.69) is 44.8 Å². The third-order valence-corrected chi connectivity index (χ3v) is 10.2. The molecule has 1 fully saturated rings. The zero-order chi connectivity index (χ0) is 19.4. The molecule has 5 heteroatoms. The van der Waals surface area contributed by atoms with Crippen molar-refractivity contribution in [3.05, 3.63) is 35.9 Å². The Balaban J connectivity index is 2.06. The molecule has 0 amide bonds. The summed E-state index contributed by atoms with van der Waals surface area (Å²) in [6, 6.07) is 8.03. The van der Waals surface area contributed by atoms with Gasteiger partial charge in [-0.1, -0.05) is 39.0 Å². The minimum atomic E-state index is -1.72. The Morgan fingerprint density at radius 1 is 1.35 bits per heavy atom. The molecular formula is C21H33NO3Si. The molecule has 144 valence electrons. The Morgan fingerprint density at radius 3 is 2.69 bits per heavy atom. The average Bonchev–Trinajstić information content (AvgIpc) is 2.58. The van der Waals surface area contributed by atoms with Crippen molar-refractivity contribution in [3.8, 4) is 0 Å². The van der Waals surface area contributed by atoms with Crippen LogP contribution in [0.4, 0.5) is 5.69 Å². The van der Waals surface area contributed by atoms with Crippen LogP contribution in [-0.2, 0) is 9.22 Å². The SMILES string of the molecule is CC(C)(C)[Si](C)(C)OCC1CCCN(c2ccccc2C=CC(=O)O)C1. The van der Waals surface area contributed by atoms with Gasteiger partial charge < -0.3 is 14.4 Å². The van der Waals surface area contributed by atoms with E-state index in [1.165, 1.54) is 12.5 Å². The highest BCUT2D eigenvalue weighted by molar-refractivity contribution is 6.74. The van der Waals surface area contributed by atoms with E-state index < -0.39 is 14.3 Å². The number of rotatable bonds is 6. The molecule has 1 aromatic carbocycles. The highest BCUT2D eigenvalue weighted by Gasteiger charge is 2.37. The highest BCUT2D eigenvalue weighted by Crippen LogP contribution is 2.37. The summed E-state index contributed by atoms with van der Waals surface area (Å²) in [5.41, 5.74) is 2.07. The van der Waals surface area contributed by atoms with Gasteiger partial charge in [0.1, 0.15) is 0 Å².